The van der Waals surface area contributed by atoms with Gasteiger partial charge < -0.3 is 9.47 Å². The Labute approximate surface area is 173 Å². The first kappa shape index (κ1) is 20.0. The Kier molecular flexibility index (Phi) is 7.38. The molecule has 0 atom stereocenters. The summed E-state index contributed by atoms with van der Waals surface area (Å²) < 4.78 is 3.44. The smallest absolute Gasteiger partial charge is 0.190 e. The van der Waals surface area contributed by atoms with Crippen molar-refractivity contribution in [1.29, 1.82) is 0 Å². The average Bonchev–Trinajstić information content (AvgIpc) is 3.08. The second kappa shape index (κ2) is 9.97. The summed E-state index contributed by atoms with van der Waals surface area (Å²) in [5, 5.41) is 2.20. The summed E-state index contributed by atoms with van der Waals surface area (Å²) in [6.07, 6.45) is 4.67. The second-order valence-electron chi connectivity index (χ2n) is 6.24. The zero-order valence-corrected chi connectivity index (χ0v) is 18.2. The van der Waals surface area contributed by atoms with Crippen LogP contribution in [-0.4, -0.2) is 34.1 Å². The SMILES string of the molecule is CCN(CC)CCCn1c(-c2ccccc2Br)csc1=Nc1cccnc1. The normalized spacial score (nSPS) is 12.1. The summed E-state index contributed by atoms with van der Waals surface area (Å²) in [5.41, 5.74) is 3.29. The molecular weight excluding hydrogens is 420 g/mol. The van der Waals surface area contributed by atoms with E-state index >= 15 is 0 Å². The van der Waals surface area contributed by atoms with E-state index in [9.17, 15) is 0 Å². The third-order valence-electron chi connectivity index (χ3n) is 4.57. The Hall–Kier alpha value is -1.76. The van der Waals surface area contributed by atoms with Gasteiger partial charge in [-0.15, -0.1) is 11.3 Å². The van der Waals surface area contributed by atoms with Gasteiger partial charge in [-0.05, 0) is 44.3 Å². The molecule has 4 nitrogen and oxygen atoms in total. The Bertz CT molecular complexity index is 913. The predicted octanol–water partition coefficient (Wildman–Crippen LogP) is 5.34. The fraction of sp³-hybridized carbons (Fsp3) is 0.333. The molecule has 2 aromatic heterocycles. The highest BCUT2D eigenvalue weighted by Gasteiger charge is 2.11. The third-order valence-corrected chi connectivity index (χ3v) is 6.12. The van der Waals surface area contributed by atoms with Crippen molar-refractivity contribution in [1.82, 2.24) is 14.5 Å². The highest BCUT2D eigenvalue weighted by atomic mass is 79.9. The van der Waals surface area contributed by atoms with Crippen molar-refractivity contribution in [2.24, 2.45) is 4.99 Å². The number of benzene rings is 1. The van der Waals surface area contributed by atoms with E-state index in [-0.39, 0.29) is 0 Å². The Morgan fingerprint density at radius 3 is 2.67 bits per heavy atom. The first-order chi connectivity index (χ1) is 13.2. The van der Waals surface area contributed by atoms with Crippen molar-refractivity contribution in [2.75, 3.05) is 19.6 Å². The second-order valence-corrected chi connectivity index (χ2v) is 7.93. The number of rotatable bonds is 8. The molecule has 3 rings (SSSR count). The highest BCUT2D eigenvalue weighted by molar-refractivity contribution is 9.10. The van der Waals surface area contributed by atoms with Crippen LogP contribution in [0.2, 0.25) is 0 Å². The number of hydrogen-bond donors (Lipinski definition) is 0. The van der Waals surface area contributed by atoms with Gasteiger partial charge in [0, 0.05) is 28.2 Å². The van der Waals surface area contributed by atoms with Crippen molar-refractivity contribution >= 4 is 33.0 Å². The zero-order chi connectivity index (χ0) is 19.1. The van der Waals surface area contributed by atoms with Crippen molar-refractivity contribution in [3.05, 3.63) is 63.4 Å². The minimum Gasteiger partial charge on any atom is -0.316 e. The maximum absolute atomic E-state index is 4.85. The molecule has 0 bridgehead atoms. The molecule has 0 aliphatic rings. The van der Waals surface area contributed by atoms with Crippen LogP contribution in [0.3, 0.4) is 0 Å². The van der Waals surface area contributed by atoms with Gasteiger partial charge >= 0.3 is 0 Å². The molecule has 2 heterocycles. The van der Waals surface area contributed by atoms with Gasteiger partial charge in [0.15, 0.2) is 4.80 Å². The Morgan fingerprint density at radius 1 is 1.15 bits per heavy atom. The summed E-state index contributed by atoms with van der Waals surface area (Å²) in [6.45, 7) is 8.66. The molecule has 0 aliphatic carbocycles. The average molecular weight is 445 g/mol. The molecule has 142 valence electrons. The third kappa shape index (κ3) is 5.15. The van der Waals surface area contributed by atoms with Gasteiger partial charge in [-0.1, -0.05) is 48.0 Å². The largest absolute Gasteiger partial charge is 0.316 e. The Balaban J connectivity index is 1.97. The molecule has 0 saturated carbocycles. The first-order valence-corrected chi connectivity index (χ1v) is 11.0. The van der Waals surface area contributed by atoms with Gasteiger partial charge in [-0.3, -0.25) is 4.98 Å². The molecule has 0 radical (unpaired) electrons. The molecule has 27 heavy (non-hydrogen) atoms. The number of nitrogens with zero attached hydrogens (tertiary/aromatic N) is 4. The van der Waals surface area contributed by atoms with E-state index in [1.165, 1.54) is 11.3 Å². The summed E-state index contributed by atoms with van der Waals surface area (Å²) >= 11 is 5.38. The van der Waals surface area contributed by atoms with E-state index in [1.54, 1.807) is 23.7 Å². The van der Waals surface area contributed by atoms with Gasteiger partial charge in [0.05, 0.1) is 17.6 Å². The van der Waals surface area contributed by atoms with Crippen LogP contribution >= 0.6 is 27.3 Å². The zero-order valence-electron chi connectivity index (χ0n) is 15.8. The van der Waals surface area contributed by atoms with E-state index in [1.807, 2.05) is 18.2 Å². The van der Waals surface area contributed by atoms with Crippen molar-refractivity contribution in [3.8, 4) is 11.3 Å². The standard InChI is InChI=1S/C21H25BrN4S/c1-3-25(4-2)13-8-14-26-20(18-10-5-6-11-19(18)22)16-27-21(26)24-17-9-7-12-23-15-17/h5-7,9-12,15-16H,3-4,8,13-14H2,1-2H3. The molecule has 3 aromatic rings. The van der Waals surface area contributed by atoms with Crippen LogP contribution in [-0.2, 0) is 6.54 Å². The van der Waals surface area contributed by atoms with Gasteiger partial charge in [0.2, 0.25) is 0 Å². The maximum atomic E-state index is 4.85. The maximum Gasteiger partial charge on any atom is 0.190 e. The predicted molar refractivity (Wildman–Crippen MR) is 117 cm³/mol. The van der Waals surface area contributed by atoms with Crippen LogP contribution in [0.15, 0.2) is 63.6 Å². The van der Waals surface area contributed by atoms with Crippen molar-refractivity contribution in [3.63, 3.8) is 0 Å². The monoisotopic (exact) mass is 444 g/mol. The molecule has 6 heteroatoms. The lowest BCUT2D eigenvalue weighted by molar-refractivity contribution is 0.293. The van der Waals surface area contributed by atoms with E-state index in [0.29, 0.717) is 0 Å². The fourth-order valence-corrected chi connectivity index (χ4v) is 4.48. The Morgan fingerprint density at radius 2 is 1.96 bits per heavy atom. The summed E-state index contributed by atoms with van der Waals surface area (Å²) in [6, 6.07) is 12.3. The molecule has 0 N–H and O–H groups in total. The quantitative estimate of drug-likeness (QED) is 0.469. The number of thiazole rings is 1. The fourth-order valence-electron chi connectivity index (χ4n) is 3.04. The van der Waals surface area contributed by atoms with Crippen LogP contribution in [0.1, 0.15) is 20.3 Å². The van der Waals surface area contributed by atoms with Gasteiger partial charge in [-0.2, -0.15) is 0 Å². The van der Waals surface area contributed by atoms with E-state index in [0.717, 1.165) is 47.6 Å². The van der Waals surface area contributed by atoms with E-state index in [4.69, 9.17) is 4.99 Å². The van der Waals surface area contributed by atoms with Crippen LogP contribution in [0, 0.1) is 0 Å². The van der Waals surface area contributed by atoms with Crippen LogP contribution in [0.5, 0.6) is 0 Å². The lowest BCUT2D eigenvalue weighted by atomic mass is 10.2. The summed E-state index contributed by atoms with van der Waals surface area (Å²) in [7, 11) is 0. The number of halogens is 1. The molecule has 0 spiro atoms. The summed E-state index contributed by atoms with van der Waals surface area (Å²) in [5.74, 6) is 0. The molecule has 0 saturated heterocycles. The van der Waals surface area contributed by atoms with Crippen LogP contribution < -0.4 is 4.80 Å². The van der Waals surface area contributed by atoms with Crippen LogP contribution in [0.4, 0.5) is 5.69 Å². The topological polar surface area (TPSA) is 33.4 Å². The molecule has 0 unspecified atom stereocenters. The minimum absolute atomic E-state index is 0.885. The highest BCUT2D eigenvalue weighted by Crippen LogP contribution is 2.28. The number of pyridine rings is 1. The summed E-state index contributed by atoms with van der Waals surface area (Å²) in [4.78, 5) is 12.5. The van der Waals surface area contributed by atoms with Crippen molar-refractivity contribution < 1.29 is 0 Å². The van der Waals surface area contributed by atoms with E-state index < -0.39 is 0 Å². The van der Waals surface area contributed by atoms with E-state index in [2.05, 4.69) is 67.8 Å². The van der Waals surface area contributed by atoms with Gasteiger partial charge in [-0.25, -0.2) is 4.99 Å². The lowest BCUT2D eigenvalue weighted by Crippen LogP contribution is -2.26. The van der Waals surface area contributed by atoms with Crippen molar-refractivity contribution in [2.45, 2.75) is 26.8 Å². The molecule has 1 aromatic carbocycles. The first-order valence-electron chi connectivity index (χ1n) is 9.33. The van der Waals surface area contributed by atoms with Gasteiger partial charge in [0.25, 0.3) is 0 Å². The number of aromatic nitrogens is 2. The molecule has 0 amide bonds. The van der Waals surface area contributed by atoms with Gasteiger partial charge in [0.1, 0.15) is 0 Å². The molecular formula is C21H25BrN4S. The molecule has 0 fully saturated rings. The minimum atomic E-state index is 0.885. The lowest BCUT2D eigenvalue weighted by Gasteiger charge is -2.18. The van der Waals surface area contributed by atoms with Crippen LogP contribution in [0.25, 0.3) is 11.3 Å². The molecule has 0 aliphatic heterocycles. The number of hydrogen-bond acceptors (Lipinski definition) is 4.